The van der Waals surface area contributed by atoms with Gasteiger partial charge in [-0.1, -0.05) is 25.7 Å². The predicted molar refractivity (Wildman–Crippen MR) is 70.4 cm³/mol. The van der Waals surface area contributed by atoms with Crippen molar-refractivity contribution >= 4 is 11.6 Å². The molecule has 0 aliphatic heterocycles. The molecule has 1 amide bonds. The molecule has 0 saturated heterocycles. The largest absolute Gasteiger partial charge is 0.325 e. The Bertz CT molecular complexity index is 486. The van der Waals surface area contributed by atoms with E-state index in [1.807, 2.05) is 13.8 Å². The van der Waals surface area contributed by atoms with Crippen molar-refractivity contribution in [3.05, 3.63) is 29.6 Å². The summed E-state index contributed by atoms with van der Waals surface area (Å²) in [6, 6.07) is 4.08. The van der Waals surface area contributed by atoms with Crippen LogP contribution in [0.2, 0.25) is 0 Å². The van der Waals surface area contributed by atoms with E-state index in [1.54, 1.807) is 0 Å². The van der Waals surface area contributed by atoms with Crippen LogP contribution in [0.1, 0.15) is 25.8 Å². The smallest absolute Gasteiger partial charge is 0.224 e. The van der Waals surface area contributed by atoms with E-state index in [2.05, 4.69) is 17.2 Å². The van der Waals surface area contributed by atoms with Crippen molar-refractivity contribution < 1.29 is 9.18 Å². The van der Waals surface area contributed by atoms with E-state index in [9.17, 15) is 9.18 Å². The van der Waals surface area contributed by atoms with Crippen molar-refractivity contribution in [3.8, 4) is 11.8 Å². The summed E-state index contributed by atoms with van der Waals surface area (Å²) in [6.45, 7) is 4.11. The summed E-state index contributed by atoms with van der Waals surface area (Å²) in [7, 11) is 0. The monoisotopic (exact) mass is 248 g/mol. The molecule has 0 aliphatic carbocycles. The van der Waals surface area contributed by atoms with Crippen LogP contribution >= 0.6 is 0 Å². The minimum Gasteiger partial charge on any atom is -0.325 e. The van der Waals surface area contributed by atoms with Gasteiger partial charge in [-0.05, 0) is 24.1 Å². The molecule has 0 bridgehead atoms. The Morgan fingerprint density at radius 2 is 2.22 bits per heavy atom. The fraction of sp³-hybridized carbons (Fsp3) is 0.357. The molecule has 0 saturated carbocycles. The summed E-state index contributed by atoms with van der Waals surface area (Å²) in [5.74, 6) is 5.16. The number of anilines is 1. The second-order valence-corrected chi connectivity index (χ2v) is 4.34. The van der Waals surface area contributed by atoms with E-state index in [0.29, 0.717) is 17.7 Å². The van der Waals surface area contributed by atoms with Crippen molar-refractivity contribution in [1.29, 1.82) is 0 Å². The molecule has 1 aromatic carbocycles. The summed E-state index contributed by atoms with van der Waals surface area (Å²) >= 11 is 0. The van der Waals surface area contributed by atoms with Gasteiger partial charge in [0.2, 0.25) is 5.91 Å². The third kappa shape index (κ3) is 4.56. The van der Waals surface area contributed by atoms with Crippen LogP contribution in [-0.4, -0.2) is 12.5 Å². The molecule has 3 nitrogen and oxygen atoms in total. The molecule has 0 fully saturated rings. The standard InChI is InChI=1S/C14H17FN2O/c1-10(2)8-14(18)17-13-6-5-12(15)9-11(13)4-3-7-16/h5-6,9-10H,7-8,16H2,1-2H3,(H,17,18). The Morgan fingerprint density at radius 3 is 2.83 bits per heavy atom. The quantitative estimate of drug-likeness (QED) is 0.805. The van der Waals surface area contributed by atoms with Crippen molar-refractivity contribution in [2.45, 2.75) is 20.3 Å². The number of rotatable bonds is 3. The van der Waals surface area contributed by atoms with Crippen LogP contribution in [0.4, 0.5) is 10.1 Å². The van der Waals surface area contributed by atoms with Gasteiger partial charge in [-0.15, -0.1) is 0 Å². The lowest BCUT2D eigenvalue weighted by Crippen LogP contribution is -2.14. The maximum absolute atomic E-state index is 13.1. The second-order valence-electron chi connectivity index (χ2n) is 4.34. The Morgan fingerprint density at radius 1 is 1.50 bits per heavy atom. The molecule has 0 spiro atoms. The van der Waals surface area contributed by atoms with E-state index >= 15 is 0 Å². The minimum atomic E-state index is -0.391. The molecule has 4 heteroatoms. The highest BCUT2D eigenvalue weighted by Crippen LogP contribution is 2.17. The second kappa shape index (κ2) is 6.77. The highest BCUT2D eigenvalue weighted by atomic mass is 19.1. The number of nitrogens with one attached hydrogen (secondary N) is 1. The van der Waals surface area contributed by atoms with E-state index in [-0.39, 0.29) is 18.4 Å². The molecular formula is C14H17FN2O. The maximum atomic E-state index is 13.1. The number of hydrogen-bond acceptors (Lipinski definition) is 2. The van der Waals surface area contributed by atoms with Crippen molar-refractivity contribution in [3.63, 3.8) is 0 Å². The number of amides is 1. The molecule has 0 radical (unpaired) electrons. The number of nitrogens with two attached hydrogens (primary N) is 1. The lowest BCUT2D eigenvalue weighted by atomic mass is 10.1. The van der Waals surface area contributed by atoms with E-state index < -0.39 is 5.82 Å². The number of benzene rings is 1. The molecule has 0 unspecified atom stereocenters. The summed E-state index contributed by atoms with van der Waals surface area (Å²) in [4.78, 5) is 11.7. The van der Waals surface area contributed by atoms with Gasteiger partial charge >= 0.3 is 0 Å². The van der Waals surface area contributed by atoms with Gasteiger partial charge in [0.1, 0.15) is 5.82 Å². The molecule has 0 aliphatic rings. The zero-order valence-corrected chi connectivity index (χ0v) is 10.6. The molecule has 1 aromatic rings. The molecular weight excluding hydrogens is 231 g/mol. The van der Waals surface area contributed by atoms with Gasteiger partial charge in [0.05, 0.1) is 17.8 Å². The third-order valence-corrected chi connectivity index (χ3v) is 2.17. The van der Waals surface area contributed by atoms with Gasteiger partial charge in [-0.3, -0.25) is 4.79 Å². The summed E-state index contributed by atoms with van der Waals surface area (Å²) in [5, 5.41) is 2.73. The van der Waals surface area contributed by atoms with Crippen LogP contribution in [0.15, 0.2) is 18.2 Å². The Balaban J connectivity index is 2.90. The van der Waals surface area contributed by atoms with Crippen molar-refractivity contribution in [1.82, 2.24) is 0 Å². The minimum absolute atomic E-state index is 0.104. The van der Waals surface area contributed by atoms with Crippen LogP contribution in [0, 0.1) is 23.6 Å². The average Bonchev–Trinajstić information content (AvgIpc) is 2.28. The summed E-state index contributed by atoms with van der Waals surface area (Å²) < 4.78 is 13.1. The normalized spacial score (nSPS) is 9.83. The van der Waals surface area contributed by atoms with Crippen LogP contribution in [0.3, 0.4) is 0 Å². The van der Waals surface area contributed by atoms with Gasteiger partial charge < -0.3 is 11.1 Å². The first-order valence-corrected chi connectivity index (χ1v) is 5.81. The Hall–Kier alpha value is -1.86. The van der Waals surface area contributed by atoms with E-state index in [1.165, 1.54) is 18.2 Å². The highest BCUT2D eigenvalue weighted by molar-refractivity contribution is 5.92. The molecule has 18 heavy (non-hydrogen) atoms. The molecule has 0 atom stereocenters. The first kappa shape index (κ1) is 14.2. The van der Waals surface area contributed by atoms with Gasteiger partial charge in [0.25, 0.3) is 0 Å². The summed E-state index contributed by atoms with van der Waals surface area (Å²) in [6.07, 6.45) is 0.418. The number of halogens is 1. The molecule has 3 N–H and O–H groups in total. The first-order valence-electron chi connectivity index (χ1n) is 5.81. The lowest BCUT2D eigenvalue weighted by Gasteiger charge is -2.09. The van der Waals surface area contributed by atoms with Gasteiger partial charge in [0, 0.05) is 6.42 Å². The molecule has 1 rings (SSSR count). The van der Waals surface area contributed by atoms with E-state index in [4.69, 9.17) is 5.73 Å². The number of carbonyl (C=O) groups is 1. The third-order valence-electron chi connectivity index (χ3n) is 2.17. The zero-order valence-electron chi connectivity index (χ0n) is 10.6. The average molecular weight is 248 g/mol. The zero-order chi connectivity index (χ0) is 13.5. The van der Waals surface area contributed by atoms with Crippen LogP contribution in [0.25, 0.3) is 0 Å². The van der Waals surface area contributed by atoms with Crippen LogP contribution in [-0.2, 0) is 4.79 Å². The highest BCUT2D eigenvalue weighted by Gasteiger charge is 2.08. The fourth-order valence-corrected chi connectivity index (χ4v) is 1.45. The molecule has 0 aromatic heterocycles. The van der Waals surface area contributed by atoms with Crippen molar-refractivity contribution in [2.24, 2.45) is 11.7 Å². The number of carbonyl (C=O) groups excluding carboxylic acids is 1. The fourth-order valence-electron chi connectivity index (χ4n) is 1.45. The van der Waals surface area contributed by atoms with Crippen LogP contribution < -0.4 is 11.1 Å². The van der Waals surface area contributed by atoms with E-state index in [0.717, 1.165) is 0 Å². The maximum Gasteiger partial charge on any atom is 0.224 e. The SMILES string of the molecule is CC(C)CC(=O)Nc1ccc(F)cc1C#CCN. The Labute approximate surface area is 107 Å². The lowest BCUT2D eigenvalue weighted by molar-refractivity contribution is -0.116. The molecule has 96 valence electrons. The van der Waals surface area contributed by atoms with Gasteiger partial charge in [0.15, 0.2) is 0 Å². The van der Waals surface area contributed by atoms with Crippen LogP contribution in [0.5, 0.6) is 0 Å². The van der Waals surface area contributed by atoms with Gasteiger partial charge in [-0.2, -0.15) is 0 Å². The topological polar surface area (TPSA) is 55.1 Å². The first-order chi connectivity index (χ1) is 8.52. The van der Waals surface area contributed by atoms with Crippen molar-refractivity contribution in [2.75, 3.05) is 11.9 Å². The Kier molecular flexibility index (Phi) is 5.34. The van der Waals surface area contributed by atoms with Gasteiger partial charge in [-0.25, -0.2) is 4.39 Å². The molecule has 0 heterocycles. The summed E-state index contributed by atoms with van der Waals surface area (Å²) in [5.41, 5.74) is 6.24. The number of hydrogen-bond donors (Lipinski definition) is 2. The predicted octanol–water partition coefficient (Wildman–Crippen LogP) is 2.12.